The molecular formula is C71H120O6. The molecule has 0 aliphatic rings. The van der Waals surface area contributed by atoms with Crippen LogP contribution in [0, 0.1) is 0 Å². The monoisotopic (exact) mass is 1070 g/mol. The number of ether oxygens (including phenoxy) is 3. The summed E-state index contributed by atoms with van der Waals surface area (Å²) in [5.74, 6) is -0.907. The highest BCUT2D eigenvalue weighted by Crippen LogP contribution is 2.16. The van der Waals surface area contributed by atoms with Crippen molar-refractivity contribution in [2.24, 2.45) is 0 Å². The summed E-state index contributed by atoms with van der Waals surface area (Å²) >= 11 is 0. The summed E-state index contributed by atoms with van der Waals surface area (Å²) in [5, 5.41) is 0. The fourth-order valence-electron chi connectivity index (χ4n) is 8.95. The first kappa shape index (κ1) is 73.1. The zero-order chi connectivity index (χ0) is 55.7. The Hall–Kier alpha value is -3.93. The van der Waals surface area contributed by atoms with Crippen LogP contribution < -0.4 is 0 Å². The van der Waals surface area contributed by atoms with Gasteiger partial charge in [0.25, 0.3) is 0 Å². The van der Waals surface area contributed by atoms with Gasteiger partial charge in [0.1, 0.15) is 13.2 Å². The van der Waals surface area contributed by atoms with Crippen LogP contribution in [-0.2, 0) is 28.6 Å². The Morgan fingerprint density at radius 2 is 0.506 bits per heavy atom. The van der Waals surface area contributed by atoms with E-state index in [4.69, 9.17) is 14.2 Å². The number of allylic oxidation sites excluding steroid dienone is 18. The number of unbranched alkanes of at least 4 members (excludes halogenated alkanes) is 29. The second-order valence-corrected chi connectivity index (χ2v) is 21.3. The molecule has 0 aromatic rings. The van der Waals surface area contributed by atoms with E-state index in [1.165, 1.54) is 135 Å². The number of hydrogen-bond donors (Lipinski definition) is 0. The van der Waals surface area contributed by atoms with Crippen molar-refractivity contribution >= 4 is 17.9 Å². The number of carbonyl (C=O) groups is 3. The van der Waals surface area contributed by atoms with Crippen molar-refractivity contribution in [3.05, 3.63) is 109 Å². The number of rotatable bonds is 58. The highest BCUT2D eigenvalue weighted by Gasteiger charge is 2.19. The summed E-state index contributed by atoms with van der Waals surface area (Å²) in [6, 6.07) is 0. The predicted octanol–water partition coefficient (Wildman–Crippen LogP) is 22.2. The molecule has 0 aromatic heterocycles. The topological polar surface area (TPSA) is 78.9 Å². The van der Waals surface area contributed by atoms with Gasteiger partial charge < -0.3 is 14.2 Å². The second-order valence-electron chi connectivity index (χ2n) is 21.3. The predicted molar refractivity (Wildman–Crippen MR) is 334 cm³/mol. The summed E-state index contributed by atoms with van der Waals surface area (Å²) in [6.45, 7) is 6.41. The van der Waals surface area contributed by atoms with Gasteiger partial charge in [0, 0.05) is 19.3 Å². The third-order valence-electron chi connectivity index (χ3n) is 13.7. The van der Waals surface area contributed by atoms with E-state index in [0.717, 1.165) is 128 Å². The van der Waals surface area contributed by atoms with Gasteiger partial charge in [-0.25, -0.2) is 0 Å². The standard InChI is InChI=1S/C71H120O6/c1-4-7-10-13-16-19-22-25-28-31-33-34-35-36-38-40-43-46-49-52-55-58-61-64-70(73)76-67-68(66-75-69(72)63-60-57-54-51-48-45-42-39-30-27-24-21-18-15-12-9-6-3)77-71(74)65-62-59-56-53-50-47-44-41-37-32-29-26-23-20-17-14-11-8-5-2/h8-9,11-12,17-18,20-22,25-27,29-31,33,37,41,68H,4-7,10,13-16,19,23-24,28,32,34-36,38-40,42-67H2,1-3H3/b11-8-,12-9-,20-17-,21-18-,25-22-,29-26-,30-27-,33-31-,41-37-. The Balaban J connectivity index is 4.40. The van der Waals surface area contributed by atoms with E-state index in [1.807, 2.05) is 0 Å². The highest BCUT2D eigenvalue weighted by molar-refractivity contribution is 5.71. The summed E-state index contributed by atoms with van der Waals surface area (Å²) < 4.78 is 16.9. The van der Waals surface area contributed by atoms with E-state index in [1.54, 1.807) is 0 Å². The van der Waals surface area contributed by atoms with Crippen molar-refractivity contribution in [3.8, 4) is 0 Å². The van der Waals surface area contributed by atoms with Crippen LogP contribution in [0.1, 0.15) is 303 Å². The van der Waals surface area contributed by atoms with Crippen LogP contribution in [0.25, 0.3) is 0 Å². The van der Waals surface area contributed by atoms with Gasteiger partial charge in [-0.05, 0) is 122 Å². The molecule has 440 valence electrons. The highest BCUT2D eigenvalue weighted by atomic mass is 16.6. The summed E-state index contributed by atoms with van der Waals surface area (Å²) in [5.41, 5.74) is 0. The summed E-state index contributed by atoms with van der Waals surface area (Å²) in [6.07, 6.45) is 88.0. The molecule has 0 N–H and O–H groups in total. The zero-order valence-electron chi connectivity index (χ0n) is 50.4. The van der Waals surface area contributed by atoms with Gasteiger partial charge in [0.05, 0.1) is 0 Å². The molecule has 0 aliphatic heterocycles. The first-order valence-corrected chi connectivity index (χ1v) is 32.4. The van der Waals surface area contributed by atoms with Gasteiger partial charge in [0.15, 0.2) is 6.10 Å². The van der Waals surface area contributed by atoms with E-state index < -0.39 is 6.10 Å². The molecule has 1 atom stereocenters. The summed E-state index contributed by atoms with van der Waals surface area (Å²) in [7, 11) is 0. The van der Waals surface area contributed by atoms with Crippen molar-refractivity contribution < 1.29 is 28.6 Å². The average Bonchev–Trinajstić information content (AvgIpc) is 3.43. The van der Waals surface area contributed by atoms with E-state index in [9.17, 15) is 14.4 Å². The maximum Gasteiger partial charge on any atom is 0.306 e. The van der Waals surface area contributed by atoms with Crippen molar-refractivity contribution in [2.45, 2.75) is 309 Å². The molecule has 6 heteroatoms. The van der Waals surface area contributed by atoms with Crippen LogP contribution in [-0.4, -0.2) is 37.2 Å². The van der Waals surface area contributed by atoms with Gasteiger partial charge in [-0.15, -0.1) is 0 Å². The Bertz CT molecular complexity index is 1560. The molecule has 0 fully saturated rings. The van der Waals surface area contributed by atoms with Crippen LogP contribution >= 0.6 is 0 Å². The van der Waals surface area contributed by atoms with Crippen LogP contribution in [0.15, 0.2) is 109 Å². The molecule has 6 nitrogen and oxygen atoms in total. The lowest BCUT2D eigenvalue weighted by Crippen LogP contribution is -2.30. The zero-order valence-corrected chi connectivity index (χ0v) is 50.4. The maximum atomic E-state index is 12.9. The Morgan fingerprint density at radius 3 is 0.792 bits per heavy atom. The normalized spacial score (nSPS) is 12.8. The SMILES string of the molecule is CC/C=C\C/C=C\C/C=C\C/C=C\CCCCCCCCC(=O)OC(COC(=O)CCCCCCCCC/C=C\C/C=C\C/C=C\CC)COC(=O)CCCCCCCCCCCCC/C=C\C/C=C\CCCCCCC. The minimum absolute atomic E-state index is 0.0887. The molecule has 0 bridgehead atoms. The lowest BCUT2D eigenvalue weighted by Gasteiger charge is -2.18. The molecule has 0 saturated heterocycles. The maximum absolute atomic E-state index is 12.9. The van der Waals surface area contributed by atoms with Crippen LogP contribution in [0.4, 0.5) is 0 Å². The molecule has 0 aromatic carbocycles. The van der Waals surface area contributed by atoms with E-state index >= 15 is 0 Å². The molecule has 0 saturated carbocycles. The molecule has 0 radical (unpaired) electrons. The van der Waals surface area contributed by atoms with E-state index in [0.29, 0.717) is 19.3 Å². The van der Waals surface area contributed by atoms with Gasteiger partial charge in [-0.2, -0.15) is 0 Å². The minimum Gasteiger partial charge on any atom is -0.462 e. The molecule has 0 heterocycles. The van der Waals surface area contributed by atoms with E-state index in [2.05, 4.69) is 130 Å². The van der Waals surface area contributed by atoms with Gasteiger partial charge in [-0.1, -0.05) is 271 Å². The van der Waals surface area contributed by atoms with Crippen molar-refractivity contribution in [1.29, 1.82) is 0 Å². The lowest BCUT2D eigenvalue weighted by atomic mass is 10.0. The van der Waals surface area contributed by atoms with E-state index in [-0.39, 0.29) is 31.1 Å². The Kier molecular flexibility index (Phi) is 61.3. The molecular weight excluding hydrogens is 949 g/mol. The lowest BCUT2D eigenvalue weighted by molar-refractivity contribution is -0.167. The minimum atomic E-state index is -0.795. The molecule has 0 aliphatic carbocycles. The van der Waals surface area contributed by atoms with Gasteiger partial charge in [-0.3, -0.25) is 14.4 Å². The molecule has 0 amide bonds. The van der Waals surface area contributed by atoms with Gasteiger partial charge in [0.2, 0.25) is 0 Å². The third kappa shape index (κ3) is 62.8. The Morgan fingerprint density at radius 1 is 0.273 bits per heavy atom. The summed E-state index contributed by atoms with van der Waals surface area (Å²) in [4.78, 5) is 38.4. The number of carbonyl (C=O) groups excluding carboxylic acids is 3. The fraction of sp³-hybridized carbons (Fsp3) is 0.704. The quantitative estimate of drug-likeness (QED) is 0.0261. The molecule has 77 heavy (non-hydrogen) atoms. The fourth-order valence-corrected chi connectivity index (χ4v) is 8.95. The largest absolute Gasteiger partial charge is 0.462 e. The number of hydrogen-bond acceptors (Lipinski definition) is 6. The van der Waals surface area contributed by atoms with Crippen LogP contribution in [0.2, 0.25) is 0 Å². The second kappa shape index (κ2) is 64.6. The van der Waals surface area contributed by atoms with Gasteiger partial charge >= 0.3 is 17.9 Å². The molecule has 1 unspecified atom stereocenters. The van der Waals surface area contributed by atoms with Crippen LogP contribution in [0.3, 0.4) is 0 Å². The Labute approximate surface area is 476 Å². The number of esters is 3. The van der Waals surface area contributed by atoms with Crippen molar-refractivity contribution in [2.75, 3.05) is 13.2 Å². The van der Waals surface area contributed by atoms with Crippen molar-refractivity contribution in [1.82, 2.24) is 0 Å². The first-order chi connectivity index (χ1) is 38.0. The van der Waals surface area contributed by atoms with Crippen LogP contribution in [0.5, 0.6) is 0 Å². The van der Waals surface area contributed by atoms with Crippen molar-refractivity contribution in [3.63, 3.8) is 0 Å². The first-order valence-electron chi connectivity index (χ1n) is 32.4. The molecule has 0 spiro atoms. The third-order valence-corrected chi connectivity index (χ3v) is 13.7. The smallest absolute Gasteiger partial charge is 0.306 e. The molecule has 0 rings (SSSR count). The average molecular weight is 1070 g/mol.